The van der Waals surface area contributed by atoms with Crippen LogP contribution in [0, 0.1) is 17.2 Å². The van der Waals surface area contributed by atoms with Gasteiger partial charge in [-0.15, -0.1) is 0 Å². The molecule has 0 aliphatic heterocycles. The number of carboxylic acid groups (broad SMARTS) is 1. The Hall–Kier alpha value is -2.75. The fourth-order valence-electron chi connectivity index (χ4n) is 1.73. The highest BCUT2D eigenvalue weighted by Gasteiger charge is 2.23. The number of carbonyl (C=O) groups excluding carboxylic acids is 1. The van der Waals surface area contributed by atoms with Gasteiger partial charge in [-0.2, -0.15) is 5.26 Å². The maximum absolute atomic E-state index is 11.8. The van der Waals surface area contributed by atoms with Crippen molar-refractivity contribution < 1.29 is 24.2 Å². The molecule has 1 rings (SSSR count). The minimum absolute atomic E-state index is 0.245. The number of nitriles is 1. The highest BCUT2D eigenvalue weighted by Crippen LogP contribution is 2.27. The average molecular weight is 306 g/mol. The Labute approximate surface area is 128 Å². The summed E-state index contributed by atoms with van der Waals surface area (Å²) in [5.41, 5.74) is 0.402. The number of carboxylic acids is 1. The van der Waals surface area contributed by atoms with E-state index in [4.69, 9.17) is 19.8 Å². The van der Waals surface area contributed by atoms with E-state index in [1.807, 2.05) is 6.07 Å². The molecule has 1 atom stereocenters. The van der Waals surface area contributed by atoms with Crippen LogP contribution >= 0.6 is 0 Å². The van der Waals surface area contributed by atoms with Crippen LogP contribution in [0.3, 0.4) is 0 Å². The fourth-order valence-corrected chi connectivity index (χ4v) is 1.73. The van der Waals surface area contributed by atoms with Crippen molar-refractivity contribution in [1.82, 2.24) is 5.32 Å². The highest BCUT2D eigenvalue weighted by atomic mass is 16.5. The minimum atomic E-state index is -1.10. The van der Waals surface area contributed by atoms with Crippen molar-refractivity contribution >= 4 is 11.9 Å². The van der Waals surface area contributed by atoms with Gasteiger partial charge in [-0.1, -0.05) is 13.8 Å². The molecule has 0 saturated heterocycles. The van der Waals surface area contributed by atoms with Crippen LogP contribution < -0.4 is 14.8 Å². The standard InChI is InChI=1S/C15H18N2O5/c1-9(2)14(15(19)20)17-13(18)8-22-11-5-4-10(7-16)6-12(11)21-3/h4-6,9,14H,8H2,1-3H3,(H,17,18)(H,19,20)/t14-/m0/s1. The Bertz CT molecular complexity index is 592. The second kappa shape index (κ2) is 7.88. The fraction of sp³-hybridized carbons (Fsp3) is 0.400. The van der Waals surface area contributed by atoms with E-state index in [0.29, 0.717) is 17.1 Å². The third kappa shape index (κ3) is 4.66. The lowest BCUT2D eigenvalue weighted by molar-refractivity contribution is -0.143. The number of methoxy groups -OCH3 is 1. The van der Waals surface area contributed by atoms with Crippen molar-refractivity contribution in [3.8, 4) is 17.6 Å². The molecule has 22 heavy (non-hydrogen) atoms. The molecule has 2 N–H and O–H groups in total. The molecule has 0 aliphatic rings. The van der Waals surface area contributed by atoms with Crippen molar-refractivity contribution in [2.75, 3.05) is 13.7 Å². The molecule has 0 saturated carbocycles. The first-order valence-electron chi connectivity index (χ1n) is 6.62. The van der Waals surface area contributed by atoms with Crippen LogP contribution in [0.1, 0.15) is 19.4 Å². The third-order valence-corrected chi connectivity index (χ3v) is 2.90. The predicted molar refractivity (Wildman–Crippen MR) is 77.6 cm³/mol. The number of nitrogens with one attached hydrogen (secondary N) is 1. The summed E-state index contributed by atoms with van der Waals surface area (Å²) in [6, 6.07) is 5.53. The molecule has 7 nitrogen and oxygen atoms in total. The molecule has 118 valence electrons. The summed E-state index contributed by atoms with van der Waals surface area (Å²) in [4.78, 5) is 22.8. The van der Waals surface area contributed by atoms with Gasteiger partial charge >= 0.3 is 5.97 Å². The Morgan fingerprint density at radius 2 is 2.05 bits per heavy atom. The van der Waals surface area contributed by atoms with Crippen molar-refractivity contribution in [2.24, 2.45) is 5.92 Å². The van der Waals surface area contributed by atoms with Crippen LogP contribution in [0.5, 0.6) is 11.5 Å². The van der Waals surface area contributed by atoms with Gasteiger partial charge in [0.05, 0.1) is 18.7 Å². The molecule has 0 fully saturated rings. The first kappa shape index (κ1) is 17.3. The van der Waals surface area contributed by atoms with Gasteiger partial charge in [0.2, 0.25) is 0 Å². The van der Waals surface area contributed by atoms with E-state index < -0.39 is 17.9 Å². The largest absolute Gasteiger partial charge is 0.493 e. The number of carbonyl (C=O) groups is 2. The SMILES string of the molecule is COc1cc(C#N)ccc1OCC(=O)N[C@H](C(=O)O)C(C)C. The van der Waals surface area contributed by atoms with E-state index in [1.165, 1.54) is 25.3 Å². The number of hydrogen-bond acceptors (Lipinski definition) is 5. The highest BCUT2D eigenvalue weighted by molar-refractivity contribution is 5.84. The molecule has 0 spiro atoms. The monoisotopic (exact) mass is 306 g/mol. The second-order valence-corrected chi connectivity index (χ2v) is 4.89. The Morgan fingerprint density at radius 3 is 2.55 bits per heavy atom. The van der Waals surface area contributed by atoms with Crippen LogP contribution in [-0.2, 0) is 9.59 Å². The summed E-state index contributed by atoms with van der Waals surface area (Å²) in [6.07, 6.45) is 0. The zero-order chi connectivity index (χ0) is 16.7. The number of amides is 1. The molecule has 1 amide bonds. The summed E-state index contributed by atoms with van der Waals surface area (Å²) >= 11 is 0. The second-order valence-electron chi connectivity index (χ2n) is 4.89. The van der Waals surface area contributed by atoms with Crippen LogP contribution in [0.25, 0.3) is 0 Å². The molecule has 0 radical (unpaired) electrons. The molecule has 0 aromatic heterocycles. The number of aliphatic carboxylic acids is 1. The van der Waals surface area contributed by atoms with E-state index in [2.05, 4.69) is 5.32 Å². The van der Waals surface area contributed by atoms with Gasteiger partial charge in [0.1, 0.15) is 6.04 Å². The molecule has 0 heterocycles. The van der Waals surface area contributed by atoms with Gasteiger partial charge in [-0.3, -0.25) is 4.79 Å². The lowest BCUT2D eigenvalue weighted by Gasteiger charge is -2.18. The van der Waals surface area contributed by atoms with Crippen LogP contribution in [0.15, 0.2) is 18.2 Å². The van der Waals surface area contributed by atoms with Crippen LogP contribution in [0.2, 0.25) is 0 Å². The summed E-state index contributed by atoms with van der Waals surface area (Å²) in [7, 11) is 1.42. The molecule has 7 heteroatoms. The predicted octanol–water partition coefficient (Wildman–Crippen LogP) is 1.17. The molecular weight excluding hydrogens is 288 g/mol. The lowest BCUT2D eigenvalue weighted by Crippen LogP contribution is -2.46. The first-order valence-corrected chi connectivity index (χ1v) is 6.62. The Kier molecular flexibility index (Phi) is 6.20. The van der Waals surface area contributed by atoms with E-state index >= 15 is 0 Å². The Morgan fingerprint density at radius 1 is 1.36 bits per heavy atom. The summed E-state index contributed by atoms with van der Waals surface area (Å²) < 4.78 is 10.4. The van der Waals surface area contributed by atoms with Gasteiger partial charge in [-0.25, -0.2) is 4.79 Å². The van der Waals surface area contributed by atoms with Gasteiger partial charge in [0.15, 0.2) is 18.1 Å². The van der Waals surface area contributed by atoms with Crippen molar-refractivity contribution in [3.63, 3.8) is 0 Å². The van der Waals surface area contributed by atoms with Crippen LogP contribution in [-0.4, -0.2) is 36.7 Å². The van der Waals surface area contributed by atoms with Crippen LogP contribution in [0.4, 0.5) is 0 Å². The first-order chi connectivity index (χ1) is 10.4. The zero-order valence-corrected chi connectivity index (χ0v) is 12.6. The van der Waals surface area contributed by atoms with E-state index in [0.717, 1.165) is 0 Å². The van der Waals surface area contributed by atoms with Gasteiger partial charge < -0.3 is 19.9 Å². The number of nitrogens with zero attached hydrogens (tertiary/aromatic N) is 1. The lowest BCUT2D eigenvalue weighted by atomic mass is 10.1. The maximum atomic E-state index is 11.8. The zero-order valence-electron chi connectivity index (χ0n) is 12.6. The average Bonchev–Trinajstić information content (AvgIpc) is 2.49. The number of ether oxygens (including phenoxy) is 2. The Balaban J connectivity index is 2.68. The van der Waals surface area contributed by atoms with Crippen molar-refractivity contribution in [3.05, 3.63) is 23.8 Å². The third-order valence-electron chi connectivity index (χ3n) is 2.90. The molecule has 1 aromatic carbocycles. The van der Waals surface area contributed by atoms with Crippen molar-refractivity contribution in [1.29, 1.82) is 5.26 Å². The molecule has 1 aromatic rings. The quantitative estimate of drug-likeness (QED) is 0.782. The molecule has 0 aliphatic carbocycles. The number of rotatable bonds is 7. The minimum Gasteiger partial charge on any atom is -0.493 e. The van der Waals surface area contributed by atoms with E-state index in [9.17, 15) is 9.59 Å². The summed E-state index contributed by atoms with van der Waals surface area (Å²) in [5.74, 6) is -1.27. The van der Waals surface area contributed by atoms with Crippen molar-refractivity contribution in [2.45, 2.75) is 19.9 Å². The number of benzene rings is 1. The molecule has 0 bridgehead atoms. The van der Waals surface area contributed by atoms with E-state index in [1.54, 1.807) is 13.8 Å². The molecular formula is C15H18N2O5. The van der Waals surface area contributed by atoms with E-state index in [-0.39, 0.29) is 12.5 Å². The summed E-state index contributed by atoms with van der Waals surface area (Å²) in [6.45, 7) is 3.05. The van der Waals surface area contributed by atoms with Gasteiger partial charge in [-0.05, 0) is 18.1 Å². The smallest absolute Gasteiger partial charge is 0.326 e. The topological polar surface area (TPSA) is 109 Å². The van der Waals surface area contributed by atoms with Gasteiger partial charge in [0.25, 0.3) is 5.91 Å². The molecule has 0 unspecified atom stereocenters. The normalized spacial score (nSPS) is 11.4. The van der Waals surface area contributed by atoms with Gasteiger partial charge in [0, 0.05) is 6.07 Å². The number of hydrogen-bond donors (Lipinski definition) is 2. The maximum Gasteiger partial charge on any atom is 0.326 e. The summed E-state index contributed by atoms with van der Waals surface area (Å²) in [5, 5.41) is 20.2.